The summed E-state index contributed by atoms with van der Waals surface area (Å²) in [6.45, 7) is 0.0470. The van der Waals surface area contributed by atoms with Gasteiger partial charge < -0.3 is 0 Å². The van der Waals surface area contributed by atoms with E-state index >= 15 is 0 Å². The Labute approximate surface area is 171 Å². The largest absolute Gasteiger partial charge is 0.331 e. The maximum atomic E-state index is 12.8. The molecule has 0 aliphatic carbocycles. The van der Waals surface area contributed by atoms with E-state index in [-0.39, 0.29) is 28.9 Å². The normalized spacial score (nSPS) is 10.7. The van der Waals surface area contributed by atoms with Crippen molar-refractivity contribution in [1.29, 1.82) is 0 Å². The molecular formula is C18H13BrN4O6. The lowest BCUT2D eigenvalue weighted by Crippen LogP contribution is -2.40. The molecule has 11 heteroatoms. The summed E-state index contributed by atoms with van der Waals surface area (Å²) in [5, 5.41) is 21.5. The van der Waals surface area contributed by atoms with E-state index in [0.29, 0.717) is 11.1 Å². The minimum atomic E-state index is -0.574. The maximum Gasteiger partial charge on any atom is 0.331 e. The molecule has 0 atom stereocenters. The van der Waals surface area contributed by atoms with Crippen LogP contribution in [0, 0.1) is 20.2 Å². The van der Waals surface area contributed by atoms with Crippen LogP contribution < -0.4 is 11.2 Å². The van der Waals surface area contributed by atoms with E-state index in [1.807, 2.05) is 0 Å². The number of non-ortho nitro benzene ring substituents is 2. The molecule has 0 unspecified atom stereocenters. The fourth-order valence-electron chi connectivity index (χ4n) is 2.70. The zero-order valence-corrected chi connectivity index (χ0v) is 16.3. The molecule has 3 aromatic rings. The molecule has 0 fully saturated rings. The first-order valence-corrected chi connectivity index (χ1v) is 9.02. The zero-order chi connectivity index (χ0) is 21.1. The summed E-state index contributed by atoms with van der Waals surface area (Å²) in [6, 6.07) is 11.3. The molecule has 2 aromatic carbocycles. The van der Waals surface area contributed by atoms with Crippen molar-refractivity contribution >= 4 is 27.3 Å². The molecule has 148 valence electrons. The maximum absolute atomic E-state index is 12.8. The first-order chi connectivity index (χ1) is 13.8. The Morgan fingerprint density at radius 3 is 1.69 bits per heavy atom. The highest BCUT2D eigenvalue weighted by Crippen LogP contribution is 2.14. The Hall–Kier alpha value is -3.60. The van der Waals surface area contributed by atoms with E-state index in [1.54, 1.807) is 0 Å². The molecule has 0 aliphatic heterocycles. The SMILES string of the molecule is O=c1c(Br)cn(Cc2ccc([N+](=O)[O-])cc2)c(=O)n1Cc1ccc([N+](=O)[O-])cc1. The Morgan fingerprint density at radius 1 is 0.793 bits per heavy atom. The van der Waals surface area contributed by atoms with Crippen LogP contribution in [0.25, 0.3) is 0 Å². The smallest absolute Gasteiger partial charge is 0.295 e. The monoisotopic (exact) mass is 460 g/mol. The van der Waals surface area contributed by atoms with Crippen molar-refractivity contribution in [3.05, 3.63) is 111 Å². The van der Waals surface area contributed by atoms with Crippen molar-refractivity contribution in [1.82, 2.24) is 9.13 Å². The molecule has 0 amide bonds. The molecule has 1 aromatic heterocycles. The summed E-state index contributed by atoms with van der Waals surface area (Å²) in [7, 11) is 0. The standard InChI is InChI=1S/C18H13BrN4O6/c19-16-11-20(9-12-1-5-14(6-2-12)22(26)27)18(25)21(17(16)24)10-13-3-7-15(8-4-13)23(28)29/h1-8,11H,9-10H2. The van der Waals surface area contributed by atoms with E-state index in [2.05, 4.69) is 15.9 Å². The van der Waals surface area contributed by atoms with Gasteiger partial charge in [0.1, 0.15) is 0 Å². The molecule has 0 saturated heterocycles. The number of benzene rings is 2. The summed E-state index contributed by atoms with van der Waals surface area (Å²) >= 11 is 3.15. The van der Waals surface area contributed by atoms with Gasteiger partial charge in [0.2, 0.25) is 0 Å². The van der Waals surface area contributed by atoms with Crippen LogP contribution in [0.4, 0.5) is 11.4 Å². The van der Waals surface area contributed by atoms with Crippen molar-refractivity contribution < 1.29 is 9.85 Å². The predicted molar refractivity (Wildman–Crippen MR) is 107 cm³/mol. The van der Waals surface area contributed by atoms with Crippen LogP contribution in [-0.4, -0.2) is 19.0 Å². The molecule has 1 heterocycles. The van der Waals surface area contributed by atoms with Crippen molar-refractivity contribution in [2.24, 2.45) is 0 Å². The van der Waals surface area contributed by atoms with E-state index < -0.39 is 21.1 Å². The van der Waals surface area contributed by atoms with Crippen LogP contribution >= 0.6 is 15.9 Å². The predicted octanol–water partition coefficient (Wildman–Crippen LogP) is 2.69. The van der Waals surface area contributed by atoms with Crippen LogP contribution in [0.2, 0.25) is 0 Å². The molecular weight excluding hydrogens is 448 g/mol. The van der Waals surface area contributed by atoms with Gasteiger partial charge in [-0.25, -0.2) is 4.79 Å². The van der Waals surface area contributed by atoms with E-state index in [9.17, 15) is 29.8 Å². The second-order valence-corrected chi connectivity index (χ2v) is 6.98. The fourth-order valence-corrected chi connectivity index (χ4v) is 3.16. The Balaban J connectivity index is 1.93. The van der Waals surface area contributed by atoms with Crippen molar-refractivity contribution in [3.63, 3.8) is 0 Å². The molecule has 0 N–H and O–H groups in total. The third-order valence-electron chi connectivity index (χ3n) is 4.18. The van der Waals surface area contributed by atoms with Crippen molar-refractivity contribution in [2.75, 3.05) is 0 Å². The van der Waals surface area contributed by atoms with Crippen LogP contribution in [0.3, 0.4) is 0 Å². The number of nitro groups is 2. The van der Waals surface area contributed by atoms with Gasteiger partial charge in [-0.1, -0.05) is 24.3 Å². The first kappa shape index (κ1) is 20.1. The minimum Gasteiger partial charge on any atom is -0.295 e. The zero-order valence-electron chi connectivity index (χ0n) is 14.7. The Kier molecular flexibility index (Phi) is 5.69. The molecule has 10 nitrogen and oxygen atoms in total. The van der Waals surface area contributed by atoms with Crippen LogP contribution in [0.1, 0.15) is 11.1 Å². The lowest BCUT2D eigenvalue weighted by atomic mass is 10.2. The Bertz CT molecular complexity index is 1200. The summed E-state index contributed by atoms with van der Waals surface area (Å²) < 4.78 is 2.48. The van der Waals surface area contributed by atoms with Crippen molar-refractivity contribution in [3.8, 4) is 0 Å². The molecule has 0 spiro atoms. The molecule has 29 heavy (non-hydrogen) atoms. The molecule has 0 bridgehead atoms. The average Bonchev–Trinajstić information content (AvgIpc) is 2.70. The van der Waals surface area contributed by atoms with Gasteiger partial charge in [-0.15, -0.1) is 0 Å². The highest BCUT2D eigenvalue weighted by Gasteiger charge is 2.13. The van der Waals surface area contributed by atoms with E-state index in [4.69, 9.17) is 0 Å². The van der Waals surface area contributed by atoms with Gasteiger partial charge in [0.25, 0.3) is 16.9 Å². The van der Waals surface area contributed by atoms with Crippen molar-refractivity contribution in [2.45, 2.75) is 13.1 Å². The molecule has 3 rings (SSSR count). The van der Waals surface area contributed by atoms with Crippen LogP contribution in [0.5, 0.6) is 0 Å². The summed E-state index contributed by atoms with van der Waals surface area (Å²) in [4.78, 5) is 45.7. The number of halogens is 1. The first-order valence-electron chi connectivity index (χ1n) is 8.22. The fraction of sp³-hybridized carbons (Fsp3) is 0.111. The van der Waals surface area contributed by atoms with Crippen LogP contribution in [-0.2, 0) is 13.1 Å². The number of hydrogen-bond acceptors (Lipinski definition) is 6. The highest BCUT2D eigenvalue weighted by molar-refractivity contribution is 9.10. The summed E-state index contributed by atoms with van der Waals surface area (Å²) in [6.07, 6.45) is 1.36. The van der Waals surface area contributed by atoms with Crippen LogP contribution in [0.15, 0.2) is 68.8 Å². The second kappa shape index (κ2) is 8.19. The van der Waals surface area contributed by atoms with Gasteiger partial charge >= 0.3 is 5.69 Å². The molecule has 0 radical (unpaired) electrons. The number of hydrogen-bond donors (Lipinski definition) is 0. The van der Waals surface area contributed by atoms with Gasteiger partial charge in [-0.3, -0.25) is 34.2 Å². The number of nitrogens with zero attached hydrogens (tertiary/aromatic N) is 4. The lowest BCUT2D eigenvalue weighted by Gasteiger charge is -2.11. The van der Waals surface area contributed by atoms with E-state index in [0.717, 1.165) is 4.57 Å². The third kappa shape index (κ3) is 4.46. The quantitative estimate of drug-likeness (QED) is 0.410. The van der Waals surface area contributed by atoms with Gasteiger partial charge in [-0.05, 0) is 27.1 Å². The summed E-state index contributed by atoms with van der Waals surface area (Å²) in [5.74, 6) is 0. The minimum absolute atomic E-state index is 0.0602. The average molecular weight is 461 g/mol. The number of nitro benzene ring substituents is 2. The lowest BCUT2D eigenvalue weighted by molar-refractivity contribution is -0.385. The molecule has 0 saturated carbocycles. The third-order valence-corrected chi connectivity index (χ3v) is 4.73. The van der Waals surface area contributed by atoms with Gasteiger partial charge in [0, 0.05) is 30.5 Å². The van der Waals surface area contributed by atoms with Gasteiger partial charge in [0.15, 0.2) is 0 Å². The summed E-state index contributed by atoms with van der Waals surface area (Å²) in [5.41, 5.74) is -0.0699. The highest BCUT2D eigenvalue weighted by atomic mass is 79.9. The Morgan fingerprint density at radius 2 is 1.24 bits per heavy atom. The van der Waals surface area contributed by atoms with E-state index in [1.165, 1.54) is 59.3 Å². The topological polar surface area (TPSA) is 130 Å². The van der Waals surface area contributed by atoms with Gasteiger partial charge in [0.05, 0.1) is 27.4 Å². The number of rotatable bonds is 6. The second-order valence-electron chi connectivity index (χ2n) is 6.13. The molecule has 0 aliphatic rings. The van der Waals surface area contributed by atoms with Gasteiger partial charge in [-0.2, -0.15) is 0 Å². The number of aromatic nitrogens is 2.